The van der Waals surface area contributed by atoms with Gasteiger partial charge in [-0.2, -0.15) is 0 Å². The Morgan fingerprint density at radius 1 is 1.14 bits per heavy atom. The highest BCUT2D eigenvalue weighted by molar-refractivity contribution is 5.91. The van der Waals surface area contributed by atoms with Gasteiger partial charge in [0.05, 0.1) is 18.7 Å². The lowest BCUT2D eigenvalue weighted by Gasteiger charge is -2.40. The van der Waals surface area contributed by atoms with E-state index in [4.69, 9.17) is 10.5 Å². The van der Waals surface area contributed by atoms with E-state index in [9.17, 15) is 14.3 Å². The number of nitrogens with zero attached hydrogens (tertiary/aromatic N) is 2. The molecule has 0 aliphatic carbocycles. The number of piperidine rings is 1. The van der Waals surface area contributed by atoms with E-state index < -0.39 is 11.8 Å². The molecule has 0 spiro atoms. The smallest absolute Gasteiger partial charge is 0.307 e. The molecule has 37 heavy (non-hydrogen) atoms. The lowest BCUT2D eigenvalue weighted by molar-refractivity contribution is -0.136. The second kappa shape index (κ2) is 10.7. The molecule has 1 aliphatic rings. The second-order valence-electron chi connectivity index (χ2n) is 10.4. The maximum absolute atomic E-state index is 15.2. The summed E-state index contributed by atoms with van der Waals surface area (Å²) in [5.41, 5.74) is 10.4. The Balaban J connectivity index is 1.65. The number of benzene rings is 2. The Labute approximate surface area is 216 Å². The number of carboxylic acids is 1. The number of aryl methyl sites for hydroxylation is 1. The molecule has 3 N–H and O–H groups in total. The molecule has 1 saturated heterocycles. The molecular formula is C29H33F2N3O3. The monoisotopic (exact) mass is 509 g/mol. The summed E-state index contributed by atoms with van der Waals surface area (Å²) in [5.74, 6) is -1.50. The Bertz CT molecular complexity index is 1280. The normalized spacial score (nSPS) is 15.0. The number of anilines is 2. The molecule has 1 aromatic heterocycles. The SMILES string of the molecule is Cc1nc(N)c(-c2ccc(OCCc3ccc(F)cc3)c(F)c2)c(N2CCC(C)(C)CC2)c1CC(=O)O. The zero-order chi connectivity index (χ0) is 26.7. The van der Waals surface area contributed by atoms with Gasteiger partial charge in [-0.3, -0.25) is 4.79 Å². The third-order valence-corrected chi connectivity index (χ3v) is 7.05. The fourth-order valence-electron chi connectivity index (χ4n) is 4.78. The van der Waals surface area contributed by atoms with Crippen LogP contribution in [0.5, 0.6) is 5.75 Å². The third-order valence-electron chi connectivity index (χ3n) is 7.05. The highest BCUT2D eigenvalue weighted by atomic mass is 19.1. The summed E-state index contributed by atoms with van der Waals surface area (Å²) in [5, 5.41) is 9.61. The molecule has 8 heteroatoms. The van der Waals surface area contributed by atoms with Crippen LogP contribution in [0.25, 0.3) is 11.1 Å². The standard InChI is InChI=1S/C29H33F2N3O3/c1-18-22(17-25(35)36)27(34-13-11-29(2,3)12-14-34)26(28(32)33-18)20-6-9-24(23(31)16-20)37-15-10-19-4-7-21(30)8-5-19/h4-9,16H,10-15,17H2,1-3H3,(H2,32,33)(H,35,36). The molecule has 6 nitrogen and oxygen atoms in total. The number of pyridine rings is 1. The number of carbonyl (C=O) groups is 1. The number of ether oxygens (including phenoxy) is 1. The van der Waals surface area contributed by atoms with Crippen molar-refractivity contribution in [1.82, 2.24) is 4.98 Å². The maximum atomic E-state index is 15.2. The van der Waals surface area contributed by atoms with Crippen LogP contribution in [0.3, 0.4) is 0 Å². The molecule has 0 unspecified atom stereocenters. The predicted octanol–water partition coefficient (Wildman–Crippen LogP) is 5.79. The Hall–Kier alpha value is -3.68. The van der Waals surface area contributed by atoms with Crippen molar-refractivity contribution in [2.75, 3.05) is 30.3 Å². The first kappa shape index (κ1) is 26.4. The van der Waals surface area contributed by atoms with Crippen molar-refractivity contribution in [2.24, 2.45) is 5.41 Å². The van der Waals surface area contributed by atoms with Gasteiger partial charge in [0, 0.05) is 36.3 Å². The topological polar surface area (TPSA) is 88.7 Å². The molecule has 0 amide bonds. The van der Waals surface area contributed by atoms with Gasteiger partial charge in [0.25, 0.3) is 0 Å². The summed E-state index contributed by atoms with van der Waals surface area (Å²) < 4.78 is 33.9. The van der Waals surface area contributed by atoms with E-state index in [-0.39, 0.29) is 35.8 Å². The van der Waals surface area contributed by atoms with E-state index in [0.29, 0.717) is 34.5 Å². The van der Waals surface area contributed by atoms with E-state index in [2.05, 4.69) is 23.7 Å². The van der Waals surface area contributed by atoms with Crippen molar-refractivity contribution in [3.05, 3.63) is 70.9 Å². The molecule has 2 aromatic carbocycles. The van der Waals surface area contributed by atoms with Crippen LogP contribution in [0.2, 0.25) is 0 Å². The number of aliphatic carboxylic acids is 1. The number of carboxylic acid groups (broad SMARTS) is 1. The molecule has 196 valence electrons. The first-order valence-electron chi connectivity index (χ1n) is 12.5. The molecule has 0 radical (unpaired) electrons. The summed E-state index contributed by atoms with van der Waals surface area (Å²) in [6, 6.07) is 10.7. The minimum Gasteiger partial charge on any atom is -0.490 e. The summed E-state index contributed by atoms with van der Waals surface area (Å²) in [6.07, 6.45) is 2.18. The van der Waals surface area contributed by atoms with Crippen molar-refractivity contribution >= 4 is 17.5 Å². The van der Waals surface area contributed by atoms with Crippen molar-refractivity contribution < 1.29 is 23.4 Å². The van der Waals surface area contributed by atoms with Crippen LogP contribution in [0.4, 0.5) is 20.3 Å². The zero-order valence-corrected chi connectivity index (χ0v) is 21.5. The molecule has 1 fully saturated rings. The maximum Gasteiger partial charge on any atom is 0.307 e. The number of nitrogen functional groups attached to an aromatic ring is 1. The van der Waals surface area contributed by atoms with Gasteiger partial charge in [0.15, 0.2) is 11.6 Å². The number of halogens is 2. The van der Waals surface area contributed by atoms with Crippen molar-refractivity contribution in [3.8, 4) is 16.9 Å². The second-order valence-corrected chi connectivity index (χ2v) is 10.4. The minimum atomic E-state index is -0.963. The highest BCUT2D eigenvalue weighted by Gasteiger charge is 2.30. The van der Waals surface area contributed by atoms with Gasteiger partial charge < -0.3 is 20.5 Å². The Morgan fingerprint density at radius 3 is 2.43 bits per heavy atom. The molecule has 2 heterocycles. The van der Waals surface area contributed by atoms with Crippen LogP contribution in [0, 0.1) is 24.0 Å². The summed E-state index contributed by atoms with van der Waals surface area (Å²) in [4.78, 5) is 18.3. The van der Waals surface area contributed by atoms with Crippen LogP contribution < -0.4 is 15.4 Å². The zero-order valence-electron chi connectivity index (χ0n) is 21.5. The van der Waals surface area contributed by atoms with Crippen molar-refractivity contribution in [1.29, 1.82) is 0 Å². The summed E-state index contributed by atoms with van der Waals surface area (Å²) in [6.45, 7) is 7.91. The van der Waals surface area contributed by atoms with E-state index >= 15 is 4.39 Å². The van der Waals surface area contributed by atoms with Gasteiger partial charge in [-0.15, -0.1) is 0 Å². The van der Waals surface area contributed by atoms with E-state index in [1.54, 1.807) is 31.2 Å². The lowest BCUT2D eigenvalue weighted by Crippen LogP contribution is -2.38. The number of hydrogen-bond acceptors (Lipinski definition) is 5. The van der Waals surface area contributed by atoms with E-state index in [1.807, 2.05) is 0 Å². The number of rotatable bonds is 8. The van der Waals surface area contributed by atoms with Gasteiger partial charge in [-0.1, -0.05) is 32.0 Å². The third kappa shape index (κ3) is 6.18. The average Bonchev–Trinajstić information content (AvgIpc) is 2.83. The van der Waals surface area contributed by atoms with Crippen LogP contribution in [-0.2, 0) is 17.6 Å². The average molecular weight is 510 g/mol. The van der Waals surface area contributed by atoms with Crippen LogP contribution in [-0.4, -0.2) is 35.8 Å². The van der Waals surface area contributed by atoms with E-state index in [1.165, 1.54) is 18.2 Å². The van der Waals surface area contributed by atoms with Crippen LogP contribution in [0.15, 0.2) is 42.5 Å². The molecule has 0 atom stereocenters. The molecule has 3 aromatic rings. The summed E-state index contributed by atoms with van der Waals surface area (Å²) in [7, 11) is 0. The van der Waals surface area contributed by atoms with E-state index in [0.717, 1.165) is 31.5 Å². The van der Waals surface area contributed by atoms with Gasteiger partial charge in [-0.05, 0) is 60.6 Å². The van der Waals surface area contributed by atoms with Crippen molar-refractivity contribution in [3.63, 3.8) is 0 Å². The summed E-state index contributed by atoms with van der Waals surface area (Å²) >= 11 is 0. The first-order chi connectivity index (χ1) is 17.5. The van der Waals surface area contributed by atoms with Gasteiger partial charge in [-0.25, -0.2) is 13.8 Å². The van der Waals surface area contributed by atoms with Gasteiger partial charge >= 0.3 is 5.97 Å². The molecule has 1 aliphatic heterocycles. The Morgan fingerprint density at radius 2 is 1.81 bits per heavy atom. The first-order valence-corrected chi connectivity index (χ1v) is 12.5. The minimum absolute atomic E-state index is 0.0940. The predicted molar refractivity (Wildman–Crippen MR) is 141 cm³/mol. The van der Waals surface area contributed by atoms with Crippen LogP contribution in [0.1, 0.15) is 43.5 Å². The number of hydrogen-bond donors (Lipinski definition) is 2. The van der Waals surface area contributed by atoms with Gasteiger partial charge in [0.2, 0.25) is 0 Å². The quantitative estimate of drug-likeness (QED) is 0.399. The largest absolute Gasteiger partial charge is 0.490 e. The fraction of sp³-hybridized carbons (Fsp3) is 0.379. The fourth-order valence-corrected chi connectivity index (χ4v) is 4.78. The van der Waals surface area contributed by atoms with Crippen molar-refractivity contribution in [2.45, 2.75) is 46.5 Å². The number of aromatic nitrogens is 1. The molecule has 0 saturated carbocycles. The number of nitrogens with two attached hydrogens (primary N) is 1. The van der Waals surface area contributed by atoms with Gasteiger partial charge in [0.1, 0.15) is 11.6 Å². The molecule has 0 bridgehead atoms. The van der Waals surface area contributed by atoms with Crippen LogP contribution >= 0.6 is 0 Å². The Kier molecular flexibility index (Phi) is 7.66. The lowest BCUT2D eigenvalue weighted by atomic mass is 9.82. The molecular weight excluding hydrogens is 476 g/mol. The molecule has 4 rings (SSSR count). The highest BCUT2D eigenvalue weighted by Crippen LogP contribution is 2.43.